The molecule has 0 unspecified atom stereocenters. The van der Waals surface area contributed by atoms with Gasteiger partial charge < -0.3 is 10.2 Å². The van der Waals surface area contributed by atoms with Crippen molar-refractivity contribution in [2.45, 2.75) is 52.7 Å². The largest absolute Gasteiger partial charge is 0.346 e. The Bertz CT molecular complexity index is 414. The van der Waals surface area contributed by atoms with E-state index in [9.17, 15) is 0 Å². The van der Waals surface area contributed by atoms with E-state index in [0.717, 1.165) is 32.7 Å². The predicted octanol–water partition coefficient (Wildman–Crippen LogP) is 2.56. The van der Waals surface area contributed by atoms with Crippen LogP contribution in [-0.2, 0) is 6.54 Å². The third kappa shape index (κ3) is 4.43. The van der Waals surface area contributed by atoms with Crippen molar-refractivity contribution in [1.29, 1.82) is 0 Å². The van der Waals surface area contributed by atoms with Crippen molar-refractivity contribution >= 4 is 16.5 Å². The number of rotatable bonds is 4. The van der Waals surface area contributed by atoms with Crippen molar-refractivity contribution < 1.29 is 0 Å². The van der Waals surface area contributed by atoms with Crippen LogP contribution >= 0.6 is 11.3 Å². The first-order valence-electron chi connectivity index (χ1n) is 7.54. The molecule has 2 heterocycles. The summed E-state index contributed by atoms with van der Waals surface area (Å²) < 4.78 is 0. The zero-order valence-electron chi connectivity index (χ0n) is 13.4. The minimum Gasteiger partial charge on any atom is -0.346 e. The van der Waals surface area contributed by atoms with Crippen LogP contribution in [0.2, 0.25) is 0 Å². The molecule has 1 fully saturated rings. The van der Waals surface area contributed by atoms with E-state index in [1.165, 1.54) is 10.0 Å². The monoisotopic (exact) mass is 296 g/mol. The van der Waals surface area contributed by atoms with Gasteiger partial charge in [0.15, 0.2) is 5.13 Å². The van der Waals surface area contributed by atoms with E-state index in [-0.39, 0.29) is 5.54 Å². The Morgan fingerprint density at radius 3 is 2.45 bits per heavy atom. The van der Waals surface area contributed by atoms with Crippen molar-refractivity contribution in [3.63, 3.8) is 0 Å². The first-order valence-corrected chi connectivity index (χ1v) is 8.35. The van der Waals surface area contributed by atoms with E-state index in [4.69, 9.17) is 0 Å². The van der Waals surface area contributed by atoms with E-state index in [1.807, 2.05) is 17.5 Å². The minimum atomic E-state index is 0.160. The molecule has 20 heavy (non-hydrogen) atoms. The maximum absolute atomic E-state index is 4.60. The van der Waals surface area contributed by atoms with Crippen LogP contribution < -0.4 is 10.2 Å². The van der Waals surface area contributed by atoms with Gasteiger partial charge in [-0.05, 0) is 34.6 Å². The third-order valence-electron chi connectivity index (χ3n) is 3.65. The molecule has 1 aromatic heterocycles. The number of thiazole rings is 1. The summed E-state index contributed by atoms with van der Waals surface area (Å²) in [5, 5.41) is 4.70. The Hall–Kier alpha value is -0.650. The molecule has 114 valence electrons. The molecule has 1 aliphatic rings. The highest BCUT2D eigenvalue weighted by molar-refractivity contribution is 7.15. The van der Waals surface area contributed by atoms with Crippen LogP contribution in [0.25, 0.3) is 0 Å². The molecule has 4 nitrogen and oxygen atoms in total. The van der Waals surface area contributed by atoms with Crippen LogP contribution in [0.4, 0.5) is 5.13 Å². The fourth-order valence-electron chi connectivity index (χ4n) is 2.31. The van der Waals surface area contributed by atoms with Gasteiger partial charge in [-0.3, -0.25) is 4.90 Å². The van der Waals surface area contributed by atoms with Crippen LogP contribution in [-0.4, -0.2) is 47.6 Å². The van der Waals surface area contributed by atoms with E-state index in [0.29, 0.717) is 6.04 Å². The van der Waals surface area contributed by atoms with Crippen molar-refractivity contribution in [2.75, 3.05) is 31.1 Å². The summed E-state index contributed by atoms with van der Waals surface area (Å²) in [6.45, 7) is 16.5. The van der Waals surface area contributed by atoms with Gasteiger partial charge in [0.1, 0.15) is 0 Å². The van der Waals surface area contributed by atoms with Crippen LogP contribution in [0.3, 0.4) is 0 Å². The van der Waals surface area contributed by atoms with Crippen molar-refractivity contribution in [3.8, 4) is 0 Å². The molecular formula is C15H28N4S. The fraction of sp³-hybridized carbons (Fsp3) is 0.800. The first kappa shape index (κ1) is 15.7. The third-order valence-corrected chi connectivity index (χ3v) is 4.71. The van der Waals surface area contributed by atoms with Crippen LogP contribution in [0.5, 0.6) is 0 Å². The molecular weight excluding hydrogens is 268 g/mol. The van der Waals surface area contributed by atoms with Crippen LogP contribution in [0.15, 0.2) is 6.20 Å². The number of hydrogen-bond acceptors (Lipinski definition) is 5. The molecule has 0 aliphatic carbocycles. The Morgan fingerprint density at radius 2 is 1.90 bits per heavy atom. The number of nitrogens with one attached hydrogen (secondary N) is 1. The molecule has 0 aromatic carbocycles. The standard InChI is InChI=1S/C15H28N4S/c1-12(2)18-6-8-19(9-7-18)14-16-10-13(20-14)11-17-15(3,4)5/h10,12,17H,6-9,11H2,1-5H3. The molecule has 0 saturated carbocycles. The summed E-state index contributed by atoms with van der Waals surface area (Å²) in [5.41, 5.74) is 0.160. The average molecular weight is 296 g/mol. The summed E-state index contributed by atoms with van der Waals surface area (Å²) in [5.74, 6) is 0. The minimum absolute atomic E-state index is 0.160. The lowest BCUT2D eigenvalue weighted by Gasteiger charge is -2.36. The van der Waals surface area contributed by atoms with Gasteiger partial charge >= 0.3 is 0 Å². The molecule has 1 saturated heterocycles. The molecule has 1 aromatic rings. The van der Waals surface area contributed by atoms with Crippen molar-refractivity contribution in [1.82, 2.24) is 15.2 Å². The molecule has 0 bridgehead atoms. The molecule has 2 rings (SSSR count). The quantitative estimate of drug-likeness (QED) is 0.925. The van der Waals surface area contributed by atoms with Crippen molar-refractivity contribution in [2.24, 2.45) is 0 Å². The smallest absolute Gasteiger partial charge is 0.185 e. The first-order chi connectivity index (χ1) is 9.35. The van der Waals surface area contributed by atoms with Crippen LogP contribution in [0.1, 0.15) is 39.5 Å². The van der Waals surface area contributed by atoms with Crippen LogP contribution in [0, 0.1) is 0 Å². The number of aromatic nitrogens is 1. The number of nitrogens with zero attached hydrogens (tertiary/aromatic N) is 3. The molecule has 1 N–H and O–H groups in total. The Morgan fingerprint density at radius 1 is 1.25 bits per heavy atom. The van der Waals surface area contributed by atoms with Gasteiger partial charge in [-0.15, -0.1) is 11.3 Å². The summed E-state index contributed by atoms with van der Waals surface area (Å²) in [7, 11) is 0. The van der Waals surface area contributed by atoms with Gasteiger partial charge in [0.05, 0.1) is 0 Å². The van der Waals surface area contributed by atoms with Gasteiger partial charge in [0.2, 0.25) is 0 Å². The second kappa shape index (κ2) is 6.41. The van der Waals surface area contributed by atoms with E-state index in [1.54, 1.807) is 0 Å². The molecule has 5 heteroatoms. The fourth-order valence-corrected chi connectivity index (χ4v) is 3.21. The SMILES string of the molecule is CC(C)N1CCN(c2ncc(CNC(C)(C)C)s2)CC1. The van der Waals surface area contributed by atoms with Gasteiger partial charge in [-0.2, -0.15) is 0 Å². The number of piperazine rings is 1. The lowest BCUT2D eigenvalue weighted by atomic mass is 10.1. The lowest BCUT2D eigenvalue weighted by molar-refractivity contribution is 0.209. The van der Waals surface area contributed by atoms with E-state index >= 15 is 0 Å². The molecule has 0 radical (unpaired) electrons. The molecule has 0 atom stereocenters. The summed E-state index contributed by atoms with van der Waals surface area (Å²) in [6.07, 6.45) is 2.02. The summed E-state index contributed by atoms with van der Waals surface area (Å²) >= 11 is 1.82. The van der Waals surface area contributed by atoms with Gasteiger partial charge in [-0.25, -0.2) is 4.98 Å². The highest BCUT2D eigenvalue weighted by Crippen LogP contribution is 2.24. The Balaban J connectivity index is 1.87. The summed E-state index contributed by atoms with van der Waals surface area (Å²) in [4.78, 5) is 10.9. The lowest BCUT2D eigenvalue weighted by Crippen LogP contribution is -2.48. The maximum atomic E-state index is 4.60. The highest BCUT2D eigenvalue weighted by Gasteiger charge is 2.21. The topological polar surface area (TPSA) is 31.4 Å². The molecule has 1 aliphatic heterocycles. The Labute approximate surface area is 127 Å². The van der Waals surface area contributed by atoms with Gasteiger partial charge in [0, 0.05) is 55.4 Å². The maximum Gasteiger partial charge on any atom is 0.185 e. The van der Waals surface area contributed by atoms with Gasteiger partial charge in [0.25, 0.3) is 0 Å². The number of hydrogen-bond donors (Lipinski definition) is 1. The zero-order chi connectivity index (χ0) is 14.8. The van der Waals surface area contributed by atoms with Gasteiger partial charge in [-0.1, -0.05) is 0 Å². The predicted molar refractivity (Wildman–Crippen MR) is 87.6 cm³/mol. The molecule has 0 spiro atoms. The zero-order valence-corrected chi connectivity index (χ0v) is 14.3. The Kier molecular flexibility index (Phi) is 5.04. The average Bonchev–Trinajstić information content (AvgIpc) is 2.84. The number of anilines is 1. The van der Waals surface area contributed by atoms with E-state index in [2.05, 4.69) is 54.7 Å². The molecule has 0 amide bonds. The van der Waals surface area contributed by atoms with Crippen molar-refractivity contribution in [3.05, 3.63) is 11.1 Å². The summed E-state index contributed by atoms with van der Waals surface area (Å²) in [6, 6.07) is 0.653. The normalized spacial score (nSPS) is 18.0. The van der Waals surface area contributed by atoms with E-state index < -0.39 is 0 Å². The second-order valence-electron chi connectivity index (χ2n) is 6.83. The highest BCUT2D eigenvalue weighted by atomic mass is 32.1. The second-order valence-corrected chi connectivity index (χ2v) is 7.92.